The van der Waals surface area contributed by atoms with Gasteiger partial charge in [0, 0.05) is 35.5 Å². The predicted octanol–water partition coefficient (Wildman–Crippen LogP) is -0.0699. The van der Waals surface area contributed by atoms with Crippen LogP contribution in [0.5, 0.6) is 0 Å². The summed E-state index contributed by atoms with van der Waals surface area (Å²) in [5.41, 5.74) is -4.57. The first-order valence-corrected chi connectivity index (χ1v) is 9.27. The van der Waals surface area contributed by atoms with E-state index < -0.39 is 57.8 Å². The van der Waals surface area contributed by atoms with Crippen molar-refractivity contribution >= 4 is 5.78 Å². The molecule has 0 bridgehead atoms. The Bertz CT molecular complexity index is 753. The molecule has 0 spiro atoms. The van der Waals surface area contributed by atoms with Gasteiger partial charge in [-0.25, -0.2) is 0 Å². The molecule has 4 rings (SSSR count). The summed E-state index contributed by atoms with van der Waals surface area (Å²) < 4.78 is 0. The molecule has 2 fully saturated rings. The van der Waals surface area contributed by atoms with Crippen LogP contribution >= 0.6 is 0 Å². The molecule has 4 aliphatic rings. The van der Waals surface area contributed by atoms with Crippen molar-refractivity contribution in [1.82, 2.24) is 0 Å². The highest BCUT2D eigenvalue weighted by Crippen LogP contribution is 2.74. The smallest absolute Gasteiger partial charge is 0.190 e. The average molecular weight is 364 g/mol. The van der Waals surface area contributed by atoms with Crippen LogP contribution in [0.25, 0.3) is 0 Å². The van der Waals surface area contributed by atoms with Gasteiger partial charge < -0.3 is 25.5 Å². The van der Waals surface area contributed by atoms with Gasteiger partial charge in [0.25, 0.3) is 0 Å². The first kappa shape index (κ1) is 18.3. The van der Waals surface area contributed by atoms with Gasteiger partial charge in [-0.15, -0.1) is 0 Å². The summed E-state index contributed by atoms with van der Waals surface area (Å²) in [7, 11) is 0. The quantitative estimate of drug-likeness (QED) is 0.416. The molecule has 0 aromatic rings. The minimum absolute atomic E-state index is 0.0615. The number of Topliss-reactive ketones (excluding diaryl/α,β-unsaturated/α-hetero) is 1. The summed E-state index contributed by atoms with van der Waals surface area (Å²) >= 11 is 0. The molecule has 5 N–H and O–H groups in total. The van der Waals surface area contributed by atoms with Crippen LogP contribution in [0, 0.1) is 29.1 Å². The number of aliphatic hydroxyl groups is 5. The lowest BCUT2D eigenvalue weighted by Gasteiger charge is -2.51. The Hall–Kier alpha value is -1.05. The molecule has 0 saturated heterocycles. The van der Waals surface area contributed by atoms with Crippen molar-refractivity contribution in [2.45, 2.75) is 57.0 Å². The van der Waals surface area contributed by atoms with E-state index in [1.165, 1.54) is 0 Å². The van der Waals surface area contributed by atoms with E-state index in [2.05, 4.69) is 0 Å². The van der Waals surface area contributed by atoms with Crippen molar-refractivity contribution in [3.63, 3.8) is 0 Å². The molecule has 0 amide bonds. The molecule has 6 heteroatoms. The molecule has 2 saturated carbocycles. The molecule has 0 radical (unpaired) electrons. The summed E-state index contributed by atoms with van der Waals surface area (Å²) in [4.78, 5) is 12.7. The number of carbonyl (C=O) groups is 1. The fraction of sp³-hybridized carbons (Fsp3) is 0.750. The summed E-state index contributed by atoms with van der Waals surface area (Å²) in [5, 5.41) is 54.9. The standard InChI is InChI=1S/C20H28O6/c1-9-5-13-18(24,15(9)22)7-11(8-21)6-12-14-17(3,4)20(14,26)16(23)10(2)19(12,13)25/h5-6,10,12-14,16,21,23-26H,7-8H2,1-4H3/t10?,12-,13+,14?,16?,18+,19+,20+/m1/s1. The molecular formula is C20H28O6. The highest BCUT2D eigenvalue weighted by molar-refractivity contribution is 6.04. The maximum absolute atomic E-state index is 12.7. The molecule has 144 valence electrons. The van der Waals surface area contributed by atoms with Crippen LogP contribution in [-0.2, 0) is 4.79 Å². The normalized spacial score (nSPS) is 54.5. The lowest BCUT2D eigenvalue weighted by Crippen LogP contribution is -2.65. The van der Waals surface area contributed by atoms with Crippen molar-refractivity contribution in [3.8, 4) is 0 Å². The number of carbonyl (C=O) groups excluding carboxylic acids is 1. The third-order valence-corrected chi connectivity index (χ3v) is 8.04. The van der Waals surface area contributed by atoms with Crippen LogP contribution < -0.4 is 0 Å². The Morgan fingerprint density at radius 2 is 1.81 bits per heavy atom. The van der Waals surface area contributed by atoms with Gasteiger partial charge in [-0.05, 0) is 18.1 Å². The molecule has 0 aliphatic heterocycles. The highest BCUT2D eigenvalue weighted by Gasteiger charge is 2.84. The monoisotopic (exact) mass is 364 g/mol. The van der Waals surface area contributed by atoms with Gasteiger partial charge in [-0.3, -0.25) is 4.79 Å². The number of aliphatic hydroxyl groups excluding tert-OH is 2. The van der Waals surface area contributed by atoms with Crippen LogP contribution in [-0.4, -0.2) is 60.8 Å². The molecular weight excluding hydrogens is 336 g/mol. The van der Waals surface area contributed by atoms with Crippen LogP contribution in [0.1, 0.15) is 34.1 Å². The zero-order valence-electron chi connectivity index (χ0n) is 15.6. The molecule has 6 nitrogen and oxygen atoms in total. The molecule has 3 unspecified atom stereocenters. The molecule has 26 heavy (non-hydrogen) atoms. The number of ketones is 1. The van der Waals surface area contributed by atoms with E-state index in [0.29, 0.717) is 11.1 Å². The van der Waals surface area contributed by atoms with Crippen LogP contribution in [0.4, 0.5) is 0 Å². The minimum atomic E-state index is -1.84. The second-order valence-corrected chi connectivity index (χ2v) is 9.41. The number of rotatable bonds is 1. The summed E-state index contributed by atoms with van der Waals surface area (Å²) in [6, 6.07) is 0. The van der Waals surface area contributed by atoms with Gasteiger partial charge in [-0.1, -0.05) is 32.9 Å². The zero-order valence-corrected chi connectivity index (χ0v) is 15.6. The third kappa shape index (κ3) is 1.69. The lowest BCUT2D eigenvalue weighted by atomic mass is 9.59. The number of fused-ring (bicyclic) bond motifs is 5. The van der Waals surface area contributed by atoms with E-state index in [0.717, 1.165) is 0 Å². The Labute approximate surface area is 152 Å². The van der Waals surface area contributed by atoms with Crippen LogP contribution in [0.2, 0.25) is 0 Å². The zero-order chi connectivity index (χ0) is 19.4. The van der Waals surface area contributed by atoms with Gasteiger partial charge in [0.2, 0.25) is 0 Å². The second-order valence-electron chi connectivity index (χ2n) is 9.41. The lowest BCUT2D eigenvalue weighted by molar-refractivity contribution is -0.209. The highest BCUT2D eigenvalue weighted by atomic mass is 16.4. The summed E-state index contributed by atoms with van der Waals surface area (Å²) in [6.45, 7) is 6.63. The maximum atomic E-state index is 12.7. The Morgan fingerprint density at radius 1 is 1.19 bits per heavy atom. The van der Waals surface area contributed by atoms with E-state index in [-0.39, 0.29) is 13.0 Å². The van der Waals surface area contributed by atoms with Crippen molar-refractivity contribution < 1.29 is 30.3 Å². The Kier molecular flexibility index (Phi) is 3.42. The SMILES string of the molecule is CC1=C[C@@H]2[C@]3(O)C(C)C(O)[C@@]4(O)C([C@H]3C=C(CO)C[C@@]2(O)C1=O)C4(C)C. The first-order chi connectivity index (χ1) is 11.9. The van der Waals surface area contributed by atoms with Crippen LogP contribution in [0.3, 0.4) is 0 Å². The average Bonchev–Trinajstić information content (AvgIpc) is 2.97. The van der Waals surface area contributed by atoms with E-state index >= 15 is 0 Å². The predicted molar refractivity (Wildman–Crippen MR) is 92.8 cm³/mol. The van der Waals surface area contributed by atoms with Crippen molar-refractivity contribution in [1.29, 1.82) is 0 Å². The fourth-order valence-corrected chi connectivity index (χ4v) is 6.45. The number of hydrogen-bond donors (Lipinski definition) is 5. The van der Waals surface area contributed by atoms with Gasteiger partial charge in [-0.2, -0.15) is 0 Å². The summed E-state index contributed by atoms with van der Waals surface area (Å²) in [5.74, 6) is -3.14. The molecule has 4 aliphatic carbocycles. The maximum Gasteiger partial charge on any atom is 0.190 e. The first-order valence-electron chi connectivity index (χ1n) is 9.27. The molecule has 0 heterocycles. The molecule has 0 aromatic heterocycles. The second kappa shape index (κ2) is 4.86. The number of hydrogen-bond acceptors (Lipinski definition) is 6. The van der Waals surface area contributed by atoms with Crippen LogP contribution in [0.15, 0.2) is 23.3 Å². The van der Waals surface area contributed by atoms with E-state index in [9.17, 15) is 30.3 Å². The van der Waals surface area contributed by atoms with Crippen molar-refractivity contribution in [2.24, 2.45) is 29.1 Å². The van der Waals surface area contributed by atoms with Gasteiger partial charge in [0.1, 0.15) is 11.2 Å². The molecule has 8 atom stereocenters. The summed E-state index contributed by atoms with van der Waals surface area (Å²) in [6.07, 6.45) is 2.08. The van der Waals surface area contributed by atoms with E-state index in [1.54, 1.807) is 26.0 Å². The third-order valence-electron chi connectivity index (χ3n) is 8.04. The largest absolute Gasteiger partial charge is 0.392 e. The van der Waals surface area contributed by atoms with Gasteiger partial charge in [0.05, 0.1) is 18.3 Å². The molecule has 0 aromatic carbocycles. The topological polar surface area (TPSA) is 118 Å². The minimum Gasteiger partial charge on any atom is -0.392 e. The van der Waals surface area contributed by atoms with Crippen molar-refractivity contribution in [2.75, 3.05) is 6.61 Å². The Morgan fingerprint density at radius 3 is 2.38 bits per heavy atom. The fourth-order valence-electron chi connectivity index (χ4n) is 6.45. The van der Waals surface area contributed by atoms with E-state index in [1.807, 2.05) is 13.8 Å². The Balaban J connectivity index is 1.96. The van der Waals surface area contributed by atoms with Gasteiger partial charge in [0.15, 0.2) is 5.78 Å². The van der Waals surface area contributed by atoms with Gasteiger partial charge >= 0.3 is 0 Å². The van der Waals surface area contributed by atoms with Crippen molar-refractivity contribution in [3.05, 3.63) is 23.3 Å². The van der Waals surface area contributed by atoms with E-state index in [4.69, 9.17) is 0 Å².